The molecular weight excluding hydrogens is 154 g/mol. The Labute approximate surface area is 71.1 Å². The molecule has 0 bridgehead atoms. The molecule has 0 amide bonds. The first-order chi connectivity index (χ1) is 6.00. The lowest BCUT2D eigenvalue weighted by molar-refractivity contribution is 1.31. The van der Waals surface area contributed by atoms with Crippen LogP contribution in [-0.2, 0) is 0 Å². The van der Waals surface area contributed by atoms with E-state index in [-0.39, 0.29) is 0 Å². The predicted molar refractivity (Wildman–Crippen MR) is 47.3 cm³/mol. The number of aromatic nitrogens is 4. The first-order valence-electron chi connectivity index (χ1n) is 3.43. The molecule has 0 saturated carbocycles. The van der Waals surface area contributed by atoms with Crippen molar-refractivity contribution in [3.8, 4) is 0 Å². The van der Waals surface area contributed by atoms with Gasteiger partial charge in [-0.05, 0) is 7.05 Å². The molecule has 0 aromatic carbocycles. The summed E-state index contributed by atoms with van der Waals surface area (Å²) in [6.45, 7) is 0. The minimum Gasteiger partial charge on any atom is -0.351 e. The summed E-state index contributed by atoms with van der Waals surface area (Å²) in [5.74, 6) is 0. The quantitative estimate of drug-likeness (QED) is 0.531. The van der Waals surface area contributed by atoms with Crippen molar-refractivity contribution < 1.29 is 0 Å². The highest BCUT2D eigenvalue weighted by Crippen LogP contribution is 1.63. The zero-order valence-electron chi connectivity index (χ0n) is 6.94. The Morgan fingerprint density at radius 1 is 0.917 bits per heavy atom. The van der Waals surface area contributed by atoms with Gasteiger partial charge in [0.2, 0.25) is 0 Å². The molecule has 2 rings (SSSR count). The number of rotatable bonds is 0. The molecule has 0 aliphatic rings. The molecular formula is C7H13N5. The van der Waals surface area contributed by atoms with Gasteiger partial charge < -0.3 is 15.7 Å². The van der Waals surface area contributed by atoms with Gasteiger partial charge in [0.15, 0.2) is 0 Å². The third-order valence-electron chi connectivity index (χ3n) is 0.812. The van der Waals surface area contributed by atoms with Crippen molar-refractivity contribution in [2.24, 2.45) is 5.73 Å². The summed E-state index contributed by atoms with van der Waals surface area (Å²) in [6, 6.07) is 0. The molecule has 0 unspecified atom stereocenters. The Hall–Kier alpha value is -1.62. The third-order valence-corrected chi connectivity index (χ3v) is 0.812. The van der Waals surface area contributed by atoms with Crippen LogP contribution in [0.25, 0.3) is 0 Å². The summed E-state index contributed by atoms with van der Waals surface area (Å²) in [6.07, 6.45) is 10.2. The fraction of sp³-hybridized carbons (Fsp3) is 0.143. The van der Waals surface area contributed by atoms with Crippen molar-refractivity contribution in [2.45, 2.75) is 0 Å². The van der Waals surface area contributed by atoms with Crippen LogP contribution in [0.5, 0.6) is 0 Å². The molecule has 0 radical (unpaired) electrons. The zero-order chi connectivity index (χ0) is 9.07. The van der Waals surface area contributed by atoms with Crippen LogP contribution in [-0.4, -0.2) is 27.0 Å². The van der Waals surface area contributed by atoms with Gasteiger partial charge in [0.25, 0.3) is 0 Å². The molecule has 5 heteroatoms. The monoisotopic (exact) mass is 167 g/mol. The molecule has 0 aliphatic carbocycles. The number of nitrogens with zero attached hydrogens (tertiary/aromatic N) is 2. The van der Waals surface area contributed by atoms with E-state index >= 15 is 0 Å². The van der Waals surface area contributed by atoms with Gasteiger partial charge in [-0.2, -0.15) is 0 Å². The number of hydrogen-bond donors (Lipinski definition) is 3. The van der Waals surface area contributed by atoms with Gasteiger partial charge in [0.05, 0.1) is 12.7 Å². The summed E-state index contributed by atoms with van der Waals surface area (Å²) in [4.78, 5) is 12.8. The van der Waals surface area contributed by atoms with Gasteiger partial charge in [-0.1, -0.05) is 0 Å². The average molecular weight is 167 g/mol. The van der Waals surface area contributed by atoms with Crippen molar-refractivity contribution in [1.29, 1.82) is 0 Å². The second kappa shape index (κ2) is 9.38. The summed E-state index contributed by atoms with van der Waals surface area (Å²) < 4.78 is 0. The summed E-state index contributed by atoms with van der Waals surface area (Å²) in [5.41, 5.74) is 4.50. The number of imidazole rings is 2. The number of nitrogens with one attached hydrogen (secondary N) is 2. The first-order valence-corrected chi connectivity index (χ1v) is 3.43. The van der Waals surface area contributed by atoms with Crippen molar-refractivity contribution >= 4 is 0 Å². The summed E-state index contributed by atoms with van der Waals surface area (Å²) >= 11 is 0. The van der Waals surface area contributed by atoms with Crippen molar-refractivity contribution in [1.82, 2.24) is 19.9 Å². The third kappa shape index (κ3) is 6.50. The fourth-order valence-electron chi connectivity index (χ4n) is 0.430. The van der Waals surface area contributed by atoms with Crippen LogP contribution in [0.4, 0.5) is 0 Å². The second-order valence-electron chi connectivity index (χ2n) is 1.52. The van der Waals surface area contributed by atoms with Gasteiger partial charge in [-0.15, -0.1) is 0 Å². The lowest BCUT2D eigenvalue weighted by Gasteiger charge is -1.46. The molecule has 5 nitrogen and oxygen atoms in total. The van der Waals surface area contributed by atoms with Crippen molar-refractivity contribution in [3.05, 3.63) is 37.4 Å². The SMILES string of the molecule is CN.c1c[nH]cn1.c1c[nH]cn1. The zero-order valence-corrected chi connectivity index (χ0v) is 6.94. The highest BCUT2D eigenvalue weighted by atomic mass is 14.8. The fourth-order valence-corrected chi connectivity index (χ4v) is 0.430. The molecule has 2 aromatic rings. The smallest absolute Gasteiger partial charge is 0.0919 e. The Kier molecular flexibility index (Phi) is 8.11. The molecule has 0 spiro atoms. The molecule has 66 valence electrons. The number of nitrogens with two attached hydrogens (primary N) is 1. The molecule has 12 heavy (non-hydrogen) atoms. The van der Waals surface area contributed by atoms with Crippen LogP contribution in [0, 0.1) is 0 Å². The van der Waals surface area contributed by atoms with Gasteiger partial charge in [0.1, 0.15) is 0 Å². The van der Waals surface area contributed by atoms with E-state index in [1.54, 1.807) is 37.4 Å². The number of H-pyrrole nitrogens is 2. The molecule has 0 saturated heterocycles. The van der Waals surface area contributed by atoms with Crippen LogP contribution in [0.2, 0.25) is 0 Å². The Morgan fingerprint density at radius 3 is 1.42 bits per heavy atom. The Morgan fingerprint density at radius 2 is 1.33 bits per heavy atom. The molecule has 0 fully saturated rings. The van der Waals surface area contributed by atoms with E-state index in [4.69, 9.17) is 0 Å². The Balaban J connectivity index is 0.000000168. The lowest BCUT2D eigenvalue weighted by atomic mass is 11.0. The van der Waals surface area contributed by atoms with Crippen LogP contribution < -0.4 is 5.73 Å². The largest absolute Gasteiger partial charge is 0.351 e. The maximum Gasteiger partial charge on any atom is 0.0919 e. The Bertz CT molecular complexity index is 151. The van der Waals surface area contributed by atoms with E-state index in [0.717, 1.165) is 0 Å². The average Bonchev–Trinajstić information content (AvgIpc) is 2.87. The van der Waals surface area contributed by atoms with Gasteiger partial charge >= 0.3 is 0 Å². The lowest BCUT2D eigenvalue weighted by Crippen LogP contribution is -1.69. The normalized spacial score (nSPS) is 7.17. The van der Waals surface area contributed by atoms with E-state index in [2.05, 4.69) is 25.7 Å². The van der Waals surface area contributed by atoms with E-state index < -0.39 is 0 Å². The minimum atomic E-state index is 1.50. The summed E-state index contributed by atoms with van der Waals surface area (Å²) in [7, 11) is 1.50. The van der Waals surface area contributed by atoms with Crippen LogP contribution in [0.3, 0.4) is 0 Å². The van der Waals surface area contributed by atoms with Crippen LogP contribution in [0.1, 0.15) is 0 Å². The minimum absolute atomic E-state index is 1.50. The van der Waals surface area contributed by atoms with Crippen LogP contribution in [0.15, 0.2) is 37.4 Å². The van der Waals surface area contributed by atoms with E-state index in [9.17, 15) is 0 Å². The maximum absolute atomic E-state index is 4.50. The highest BCUT2D eigenvalue weighted by Gasteiger charge is 1.56. The van der Waals surface area contributed by atoms with E-state index in [1.165, 1.54) is 7.05 Å². The first kappa shape index (κ1) is 10.4. The topological polar surface area (TPSA) is 83.4 Å². The second-order valence-corrected chi connectivity index (χ2v) is 1.52. The number of hydrogen-bond acceptors (Lipinski definition) is 3. The standard InChI is InChI=1S/2C3H4N2.CH5N/c2*1-2-5-3-4-1;1-2/h2*1-3H,(H,4,5);2H2,1H3. The van der Waals surface area contributed by atoms with Gasteiger partial charge in [-0.3, -0.25) is 0 Å². The van der Waals surface area contributed by atoms with Crippen molar-refractivity contribution in [3.63, 3.8) is 0 Å². The van der Waals surface area contributed by atoms with E-state index in [0.29, 0.717) is 0 Å². The maximum atomic E-state index is 4.50. The molecule has 2 heterocycles. The molecule has 4 N–H and O–H groups in total. The number of aromatic amines is 2. The van der Waals surface area contributed by atoms with Gasteiger partial charge in [0, 0.05) is 24.8 Å². The summed E-state index contributed by atoms with van der Waals surface area (Å²) in [5, 5.41) is 0. The molecule has 0 aliphatic heterocycles. The van der Waals surface area contributed by atoms with Crippen molar-refractivity contribution in [2.75, 3.05) is 7.05 Å². The predicted octanol–water partition coefficient (Wildman–Crippen LogP) is 0.394. The van der Waals surface area contributed by atoms with Crippen LogP contribution >= 0.6 is 0 Å². The van der Waals surface area contributed by atoms with E-state index in [1.807, 2.05) is 0 Å². The molecule has 2 aromatic heterocycles. The highest BCUT2D eigenvalue weighted by molar-refractivity contribution is 4.65. The molecule has 0 atom stereocenters. The van der Waals surface area contributed by atoms with Gasteiger partial charge in [-0.25, -0.2) is 9.97 Å².